The highest BCUT2D eigenvalue weighted by atomic mass is 16.4. The van der Waals surface area contributed by atoms with Gasteiger partial charge in [-0.1, -0.05) is 12.2 Å². The predicted molar refractivity (Wildman–Crippen MR) is 72.1 cm³/mol. The van der Waals surface area contributed by atoms with E-state index in [0.717, 1.165) is 30.9 Å². The minimum Gasteiger partial charge on any atom is -0.428 e. The summed E-state index contributed by atoms with van der Waals surface area (Å²) in [5.41, 5.74) is 2.21. The SMILES string of the molecule is BC1CCCc2c(o/c(=N/CC)n2C(C)C)C1. The molecule has 0 bridgehead atoms. The lowest BCUT2D eigenvalue weighted by Crippen LogP contribution is -2.21. The molecule has 4 heteroatoms. The van der Waals surface area contributed by atoms with Crippen LogP contribution < -0.4 is 5.68 Å². The molecule has 0 saturated heterocycles. The Morgan fingerprint density at radius 2 is 2.29 bits per heavy atom. The maximum Gasteiger partial charge on any atom is 0.297 e. The standard InChI is InChI=1S/C13H23BN2O/c1-4-15-13-16(9(2)3)11-7-5-6-10(14)8-12(11)17-13/h9-10H,4-8,14H2,1-3H3/b15-13+. The summed E-state index contributed by atoms with van der Waals surface area (Å²) in [4.78, 5) is 4.48. The first-order valence-corrected chi connectivity index (χ1v) is 6.87. The first kappa shape index (κ1) is 12.5. The molecule has 1 aliphatic carbocycles. The highest BCUT2D eigenvalue weighted by Gasteiger charge is 2.22. The molecule has 0 aliphatic heterocycles. The van der Waals surface area contributed by atoms with Crippen molar-refractivity contribution in [2.45, 2.75) is 58.3 Å². The van der Waals surface area contributed by atoms with Crippen molar-refractivity contribution in [3.63, 3.8) is 0 Å². The van der Waals surface area contributed by atoms with E-state index in [4.69, 9.17) is 4.42 Å². The van der Waals surface area contributed by atoms with Crippen LogP contribution in [-0.2, 0) is 12.8 Å². The van der Waals surface area contributed by atoms with Gasteiger partial charge in [-0.2, -0.15) is 0 Å². The highest BCUT2D eigenvalue weighted by Crippen LogP contribution is 2.26. The zero-order valence-corrected chi connectivity index (χ0v) is 11.5. The first-order valence-electron chi connectivity index (χ1n) is 6.87. The number of fused-ring (bicyclic) bond motifs is 1. The summed E-state index contributed by atoms with van der Waals surface area (Å²) in [7, 11) is 2.31. The molecule has 1 aliphatic rings. The van der Waals surface area contributed by atoms with Crippen molar-refractivity contribution < 1.29 is 4.42 Å². The summed E-state index contributed by atoms with van der Waals surface area (Å²) in [5, 5.41) is 0. The normalized spacial score (nSPS) is 21.6. The summed E-state index contributed by atoms with van der Waals surface area (Å²) < 4.78 is 8.27. The van der Waals surface area contributed by atoms with Gasteiger partial charge in [0.05, 0.1) is 5.69 Å². The molecule has 0 radical (unpaired) electrons. The van der Waals surface area contributed by atoms with Gasteiger partial charge in [-0.3, -0.25) is 4.57 Å². The summed E-state index contributed by atoms with van der Waals surface area (Å²) in [6.07, 6.45) is 4.79. The monoisotopic (exact) mass is 234 g/mol. The number of hydrogen-bond acceptors (Lipinski definition) is 2. The van der Waals surface area contributed by atoms with Crippen LogP contribution in [0, 0.1) is 0 Å². The van der Waals surface area contributed by atoms with E-state index in [2.05, 4.69) is 38.2 Å². The lowest BCUT2D eigenvalue weighted by Gasteiger charge is -2.10. The van der Waals surface area contributed by atoms with E-state index in [9.17, 15) is 0 Å². The second-order valence-corrected chi connectivity index (χ2v) is 5.39. The smallest absolute Gasteiger partial charge is 0.297 e. The van der Waals surface area contributed by atoms with Crippen molar-refractivity contribution >= 4 is 7.85 Å². The van der Waals surface area contributed by atoms with Gasteiger partial charge in [-0.05, 0) is 33.6 Å². The average molecular weight is 234 g/mol. The maximum absolute atomic E-state index is 5.99. The van der Waals surface area contributed by atoms with Crippen molar-refractivity contribution in [1.82, 2.24) is 4.57 Å². The van der Waals surface area contributed by atoms with Crippen molar-refractivity contribution in [1.29, 1.82) is 0 Å². The molecule has 3 nitrogen and oxygen atoms in total. The van der Waals surface area contributed by atoms with E-state index in [1.54, 1.807) is 0 Å². The van der Waals surface area contributed by atoms with Crippen LogP contribution in [0.5, 0.6) is 0 Å². The molecule has 1 aromatic heterocycles. The summed E-state index contributed by atoms with van der Waals surface area (Å²) in [5.74, 6) is 1.91. The lowest BCUT2D eigenvalue weighted by atomic mass is 9.81. The molecule has 0 aromatic carbocycles. The van der Waals surface area contributed by atoms with E-state index < -0.39 is 0 Å². The fourth-order valence-electron chi connectivity index (χ4n) is 2.70. The van der Waals surface area contributed by atoms with Crippen molar-refractivity contribution in [3.05, 3.63) is 17.1 Å². The Kier molecular flexibility index (Phi) is 3.80. The molecular formula is C13H23BN2O. The Hall–Kier alpha value is -0.925. The third-order valence-electron chi connectivity index (χ3n) is 3.49. The number of oxazole rings is 1. The molecular weight excluding hydrogens is 211 g/mol. The van der Waals surface area contributed by atoms with Crippen molar-refractivity contribution in [2.75, 3.05) is 6.54 Å². The van der Waals surface area contributed by atoms with Gasteiger partial charge in [0.2, 0.25) is 0 Å². The second-order valence-electron chi connectivity index (χ2n) is 5.39. The van der Waals surface area contributed by atoms with Gasteiger partial charge in [0.25, 0.3) is 5.68 Å². The third-order valence-corrected chi connectivity index (χ3v) is 3.49. The maximum atomic E-state index is 5.99. The van der Waals surface area contributed by atoms with Crippen LogP contribution in [-0.4, -0.2) is 19.0 Å². The molecule has 17 heavy (non-hydrogen) atoms. The fourth-order valence-corrected chi connectivity index (χ4v) is 2.70. The molecule has 1 atom stereocenters. The average Bonchev–Trinajstić information content (AvgIpc) is 2.47. The number of nitrogens with zero attached hydrogens (tertiary/aromatic N) is 2. The van der Waals surface area contributed by atoms with E-state index in [1.165, 1.54) is 24.3 Å². The highest BCUT2D eigenvalue weighted by molar-refractivity contribution is 6.11. The lowest BCUT2D eigenvalue weighted by molar-refractivity contribution is 0.407. The molecule has 0 fully saturated rings. The Morgan fingerprint density at radius 3 is 2.94 bits per heavy atom. The zero-order chi connectivity index (χ0) is 12.4. The van der Waals surface area contributed by atoms with Gasteiger partial charge in [-0.15, -0.1) is 0 Å². The quantitative estimate of drug-likeness (QED) is 0.567. The molecule has 1 heterocycles. The molecule has 0 saturated carbocycles. The van der Waals surface area contributed by atoms with E-state index in [0.29, 0.717) is 6.04 Å². The third kappa shape index (κ3) is 2.50. The summed E-state index contributed by atoms with van der Waals surface area (Å²) in [6.45, 7) is 7.26. The van der Waals surface area contributed by atoms with Gasteiger partial charge in [0.15, 0.2) is 0 Å². The van der Waals surface area contributed by atoms with Crippen molar-refractivity contribution in [2.24, 2.45) is 4.99 Å². The molecule has 1 unspecified atom stereocenters. The molecule has 94 valence electrons. The predicted octanol–water partition coefficient (Wildman–Crippen LogP) is 1.88. The molecule has 0 amide bonds. The van der Waals surface area contributed by atoms with Gasteiger partial charge in [0.1, 0.15) is 13.6 Å². The van der Waals surface area contributed by atoms with E-state index in [-0.39, 0.29) is 0 Å². The van der Waals surface area contributed by atoms with Gasteiger partial charge < -0.3 is 4.42 Å². The van der Waals surface area contributed by atoms with Crippen LogP contribution in [0.15, 0.2) is 9.41 Å². The van der Waals surface area contributed by atoms with E-state index >= 15 is 0 Å². The molecule has 0 spiro atoms. The van der Waals surface area contributed by atoms with Crippen LogP contribution in [0.1, 0.15) is 51.1 Å². The minimum atomic E-state index is 0.432. The topological polar surface area (TPSA) is 30.4 Å². The first-order chi connectivity index (χ1) is 8.13. The van der Waals surface area contributed by atoms with Crippen LogP contribution in [0.4, 0.5) is 0 Å². The van der Waals surface area contributed by atoms with Crippen molar-refractivity contribution in [3.8, 4) is 0 Å². The molecule has 1 aromatic rings. The number of hydrogen-bond donors (Lipinski definition) is 0. The van der Waals surface area contributed by atoms with Gasteiger partial charge in [0, 0.05) is 19.0 Å². The minimum absolute atomic E-state index is 0.432. The fraction of sp³-hybridized carbons (Fsp3) is 0.769. The molecule has 0 N–H and O–H groups in total. The summed E-state index contributed by atoms with van der Waals surface area (Å²) >= 11 is 0. The Morgan fingerprint density at radius 1 is 1.53 bits per heavy atom. The van der Waals surface area contributed by atoms with Crippen LogP contribution in [0.3, 0.4) is 0 Å². The van der Waals surface area contributed by atoms with E-state index in [1.807, 2.05) is 0 Å². The second kappa shape index (κ2) is 5.15. The molecule has 2 rings (SSSR count). The van der Waals surface area contributed by atoms with Crippen LogP contribution >= 0.6 is 0 Å². The number of rotatable bonds is 2. The number of aromatic nitrogens is 1. The summed E-state index contributed by atoms with van der Waals surface area (Å²) in [6, 6.07) is 0.432. The Labute approximate surface area is 104 Å². The Balaban J connectivity index is 2.52. The van der Waals surface area contributed by atoms with Gasteiger partial charge in [-0.25, -0.2) is 4.99 Å². The van der Waals surface area contributed by atoms with Gasteiger partial charge >= 0.3 is 0 Å². The zero-order valence-electron chi connectivity index (χ0n) is 11.5. The van der Waals surface area contributed by atoms with Crippen LogP contribution in [0.2, 0.25) is 5.82 Å². The van der Waals surface area contributed by atoms with Crippen LogP contribution in [0.25, 0.3) is 0 Å². The largest absolute Gasteiger partial charge is 0.428 e. The Bertz CT molecular complexity index is 445.